The van der Waals surface area contributed by atoms with E-state index < -0.39 is 42.6 Å². The third-order valence-corrected chi connectivity index (χ3v) is 3.32. The third kappa shape index (κ3) is 4.35. The van der Waals surface area contributed by atoms with E-state index in [-0.39, 0.29) is 6.42 Å². The number of carbonyl (C=O) groups is 2. The van der Waals surface area contributed by atoms with Crippen molar-refractivity contribution in [2.24, 2.45) is 0 Å². The van der Waals surface area contributed by atoms with Crippen LogP contribution < -0.4 is 5.32 Å². The molecule has 5 N–H and O–H groups in total. The predicted octanol–water partition coefficient (Wildman–Crippen LogP) is -1.62. The minimum absolute atomic E-state index is 0.258. The summed E-state index contributed by atoms with van der Waals surface area (Å²) in [6, 6.07) is 8.33. The summed E-state index contributed by atoms with van der Waals surface area (Å²) in [4.78, 5) is 23.4. The summed E-state index contributed by atoms with van der Waals surface area (Å²) in [6.45, 7) is 0.246. The fourth-order valence-electron chi connectivity index (χ4n) is 2.19. The fourth-order valence-corrected chi connectivity index (χ4v) is 2.19. The summed E-state index contributed by atoms with van der Waals surface area (Å²) >= 11 is 0. The van der Waals surface area contributed by atoms with Crippen molar-refractivity contribution in [2.75, 3.05) is 6.61 Å². The zero-order valence-corrected chi connectivity index (χ0v) is 12.1. The molecule has 0 heterocycles. The van der Waals surface area contributed by atoms with Gasteiger partial charge in [0, 0.05) is 13.3 Å². The standard InChI is InChI=1S/C15H21NO6/c1-10(19)16-15(9-18,7-11-5-3-2-4-6-11)14(22)13(21)12(20)8-17/h2-6,9,12-14,17,20-22H,7-8H2,1H3,(H,16,19)/t12-,13-,14+,15+/m1/s1/i9D. The first-order chi connectivity index (χ1) is 10.7. The average Bonchev–Trinajstić information content (AvgIpc) is 2.52. The van der Waals surface area contributed by atoms with Gasteiger partial charge in [-0.05, 0) is 5.56 Å². The van der Waals surface area contributed by atoms with Gasteiger partial charge in [-0.3, -0.25) is 4.79 Å². The molecule has 0 saturated carbocycles. The molecule has 0 radical (unpaired) electrons. The second-order valence-electron chi connectivity index (χ2n) is 5.10. The Morgan fingerprint density at radius 3 is 2.41 bits per heavy atom. The van der Waals surface area contributed by atoms with Crippen LogP contribution in [-0.4, -0.2) is 63.1 Å². The lowest BCUT2D eigenvalue weighted by Gasteiger charge is -2.37. The second-order valence-corrected chi connectivity index (χ2v) is 5.10. The highest BCUT2D eigenvalue weighted by Crippen LogP contribution is 2.20. The van der Waals surface area contributed by atoms with Gasteiger partial charge in [-0.1, -0.05) is 30.3 Å². The smallest absolute Gasteiger partial charge is 0.217 e. The molecule has 0 aliphatic heterocycles. The Hall–Kier alpha value is -1.80. The van der Waals surface area contributed by atoms with Crippen LogP contribution >= 0.6 is 0 Å². The second kappa shape index (κ2) is 8.00. The van der Waals surface area contributed by atoms with Crippen molar-refractivity contribution < 1.29 is 31.4 Å². The van der Waals surface area contributed by atoms with Crippen molar-refractivity contribution in [3.05, 3.63) is 35.9 Å². The Morgan fingerprint density at radius 1 is 1.36 bits per heavy atom. The zero-order valence-electron chi connectivity index (χ0n) is 13.1. The minimum atomic E-state index is -2.15. The molecule has 0 unspecified atom stereocenters. The van der Waals surface area contributed by atoms with Gasteiger partial charge in [-0.15, -0.1) is 0 Å². The fraction of sp³-hybridized carbons (Fsp3) is 0.467. The first-order valence-electron chi connectivity index (χ1n) is 7.23. The van der Waals surface area contributed by atoms with Crippen molar-refractivity contribution >= 4 is 12.2 Å². The summed E-state index contributed by atoms with van der Waals surface area (Å²) < 4.78 is 7.48. The number of carbonyl (C=O) groups excluding carboxylic acids is 2. The molecule has 1 amide bonds. The molecule has 0 spiro atoms. The Morgan fingerprint density at radius 2 is 1.95 bits per heavy atom. The topological polar surface area (TPSA) is 127 Å². The van der Waals surface area contributed by atoms with Crippen molar-refractivity contribution in [1.82, 2.24) is 5.32 Å². The van der Waals surface area contributed by atoms with Gasteiger partial charge in [-0.2, -0.15) is 0 Å². The molecule has 7 nitrogen and oxygen atoms in total. The number of aliphatic hydroxyl groups is 4. The SMILES string of the molecule is [2H]C(=O)[C@](Cc1ccccc1)(NC(C)=O)[C@@H](O)[C@H](O)[C@H](O)CO. The van der Waals surface area contributed by atoms with Gasteiger partial charge in [0.05, 0.1) is 6.61 Å². The van der Waals surface area contributed by atoms with Gasteiger partial charge < -0.3 is 30.5 Å². The first-order valence-corrected chi connectivity index (χ1v) is 6.73. The van der Waals surface area contributed by atoms with Crippen molar-refractivity contribution in [1.29, 1.82) is 0 Å². The van der Waals surface area contributed by atoms with Gasteiger partial charge in [0.2, 0.25) is 5.91 Å². The van der Waals surface area contributed by atoms with Crippen LogP contribution in [0.4, 0.5) is 0 Å². The maximum absolute atomic E-state index is 11.9. The monoisotopic (exact) mass is 312 g/mol. The van der Waals surface area contributed by atoms with Crippen LogP contribution in [0, 0.1) is 0 Å². The zero-order chi connectivity index (χ0) is 17.6. The van der Waals surface area contributed by atoms with E-state index in [1.165, 1.54) is 0 Å². The third-order valence-electron chi connectivity index (χ3n) is 3.32. The molecule has 1 rings (SSSR count). The van der Waals surface area contributed by atoms with Crippen molar-refractivity contribution in [2.45, 2.75) is 37.2 Å². The number of amides is 1. The van der Waals surface area contributed by atoms with E-state index in [0.717, 1.165) is 6.92 Å². The Balaban J connectivity index is 3.27. The van der Waals surface area contributed by atoms with Crippen LogP contribution in [0.25, 0.3) is 0 Å². The molecule has 0 saturated heterocycles. The average molecular weight is 312 g/mol. The predicted molar refractivity (Wildman–Crippen MR) is 77.9 cm³/mol. The molecular weight excluding hydrogens is 290 g/mol. The van der Waals surface area contributed by atoms with E-state index in [9.17, 15) is 24.9 Å². The van der Waals surface area contributed by atoms with E-state index >= 15 is 0 Å². The molecule has 0 fully saturated rings. The molecule has 1 aromatic carbocycles. The van der Waals surface area contributed by atoms with Crippen LogP contribution in [0.15, 0.2) is 30.3 Å². The molecule has 0 aromatic heterocycles. The van der Waals surface area contributed by atoms with Crippen molar-refractivity contribution in [3.8, 4) is 0 Å². The molecule has 0 aliphatic rings. The Bertz CT molecular complexity index is 540. The summed E-state index contributed by atoms with van der Waals surface area (Å²) in [7, 11) is 0. The summed E-state index contributed by atoms with van der Waals surface area (Å²) in [5.74, 6) is -0.689. The lowest BCUT2D eigenvalue weighted by Crippen LogP contribution is -2.64. The molecule has 0 bridgehead atoms. The number of hydrogen-bond acceptors (Lipinski definition) is 6. The number of aldehydes is 1. The summed E-state index contributed by atoms with van der Waals surface area (Å²) in [5.41, 5.74) is -1.62. The number of benzene rings is 1. The van der Waals surface area contributed by atoms with Crippen LogP contribution in [0.5, 0.6) is 0 Å². The molecule has 7 heteroatoms. The maximum atomic E-state index is 11.9. The summed E-state index contributed by atoms with van der Waals surface area (Å²) in [5, 5.41) is 40.9. The highest BCUT2D eigenvalue weighted by atomic mass is 16.4. The van der Waals surface area contributed by atoms with Gasteiger partial charge in [0.25, 0.3) is 0 Å². The van der Waals surface area contributed by atoms with Crippen LogP contribution in [0.3, 0.4) is 0 Å². The van der Waals surface area contributed by atoms with Crippen LogP contribution in [0.1, 0.15) is 13.9 Å². The summed E-state index contributed by atoms with van der Waals surface area (Å²) in [6.07, 6.45) is -7.23. The van der Waals surface area contributed by atoms with Gasteiger partial charge in [0.1, 0.15) is 31.5 Å². The lowest BCUT2D eigenvalue weighted by molar-refractivity contribution is -0.140. The largest absolute Gasteiger partial charge is 0.394 e. The van der Waals surface area contributed by atoms with E-state index in [4.69, 9.17) is 6.48 Å². The van der Waals surface area contributed by atoms with E-state index in [0.29, 0.717) is 5.56 Å². The highest BCUT2D eigenvalue weighted by Gasteiger charge is 2.44. The van der Waals surface area contributed by atoms with Gasteiger partial charge in [-0.25, -0.2) is 0 Å². The van der Waals surface area contributed by atoms with E-state index in [2.05, 4.69) is 5.32 Å². The minimum Gasteiger partial charge on any atom is -0.394 e. The van der Waals surface area contributed by atoms with Crippen molar-refractivity contribution in [3.63, 3.8) is 0 Å². The Labute approximate surface area is 129 Å². The normalized spacial score (nSPS) is 18.5. The molecule has 0 aliphatic carbocycles. The number of nitrogens with one attached hydrogen (secondary N) is 1. The number of hydrogen-bond donors (Lipinski definition) is 5. The first kappa shape index (κ1) is 16.6. The molecule has 4 atom stereocenters. The van der Waals surface area contributed by atoms with E-state index in [1.54, 1.807) is 30.3 Å². The maximum Gasteiger partial charge on any atom is 0.217 e. The lowest BCUT2D eigenvalue weighted by atomic mass is 9.82. The quantitative estimate of drug-likeness (QED) is 0.367. The van der Waals surface area contributed by atoms with Gasteiger partial charge >= 0.3 is 0 Å². The van der Waals surface area contributed by atoms with Crippen LogP contribution in [-0.2, 0) is 16.0 Å². The number of rotatable bonds is 8. The van der Waals surface area contributed by atoms with Gasteiger partial charge in [0.15, 0.2) is 0 Å². The van der Waals surface area contributed by atoms with E-state index in [1.807, 2.05) is 0 Å². The highest BCUT2D eigenvalue weighted by molar-refractivity contribution is 5.80. The number of aliphatic hydroxyl groups excluding tert-OH is 4. The molecule has 122 valence electrons. The Kier molecular flexibility index (Phi) is 6.02. The molecular formula is C15H21NO6. The molecule has 1 aromatic rings. The van der Waals surface area contributed by atoms with Crippen LogP contribution in [0.2, 0.25) is 0 Å². The molecule has 22 heavy (non-hydrogen) atoms.